The molecule has 1 amide bonds. The van der Waals surface area contributed by atoms with Crippen molar-refractivity contribution < 1.29 is 9.90 Å². The molecule has 0 aliphatic rings. The maximum Gasteiger partial charge on any atom is 0.251 e. The largest absolute Gasteiger partial charge is 0.384 e. The van der Waals surface area contributed by atoms with Crippen LogP contribution in [0.1, 0.15) is 26.4 Å². The van der Waals surface area contributed by atoms with Gasteiger partial charge in [0.2, 0.25) is 0 Å². The Morgan fingerprint density at radius 2 is 2.24 bits per heavy atom. The first-order valence-corrected chi connectivity index (χ1v) is 7.99. The average molecular weight is 364 g/mol. The van der Waals surface area contributed by atoms with E-state index in [1.165, 1.54) is 0 Å². The van der Waals surface area contributed by atoms with Crippen molar-refractivity contribution in [3.63, 3.8) is 0 Å². The molecule has 0 saturated heterocycles. The van der Waals surface area contributed by atoms with Crippen LogP contribution in [0.15, 0.2) is 34.1 Å². The number of benzene rings is 1. The lowest BCUT2D eigenvalue weighted by atomic mass is 10.0. The van der Waals surface area contributed by atoms with Crippen molar-refractivity contribution in [1.29, 1.82) is 0 Å². The van der Waals surface area contributed by atoms with Gasteiger partial charge in [-0.25, -0.2) is 0 Å². The summed E-state index contributed by atoms with van der Waals surface area (Å²) in [5.74, 6) is 5.32. The van der Waals surface area contributed by atoms with E-state index >= 15 is 0 Å². The van der Waals surface area contributed by atoms with Crippen molar-refractivity contribution in [2.45, 2.75) is 13.5 Å². The van der Waals surface area contributed by atoms with Gasteiger partial charge in [-0.15, -0.1) is 11.3 Å². The first kappa shape index (κ1) is 15.8. The molecule has 0 saturated carbocycles. The summed E-state index contributed by atoms with van der Waals surface area (Å²) in [6.07, 6.45) is 0. The lowest BCUT2D eigenvalue weighted by molar-refractivity contribution is 0.0951. The molecular weight excluding hydrogens is 350 g/mol. The van der Waals surface area contributed by atoms with Crippen LogP contribution in [0.4, 0.5) is 0 Å². The van der Waals surface area contributed by atoms with Crippen LogP contribution in [0.2, 0.25) is 0 Å². The predicted molar refractivity (Wildman–Crippen MR) is 88.3 cm³/mol. The van der Waals surface area contributed by atoms with Crippen LogP contribution in [0.3, 0.4) is 0 Å². The summed E-state index contributed by atoms with van der Waals surface area (Å²) in [5.41, 5.74) is 2.30. The first-order chi connectivity index (χ1) is 10.1. The van der Waals surface area contributed by atoms with Crippen LogP contribution >= 0.6 is 27.3 Å². The van der Waals surface area contributed by atoms with Crippen molar-refractivity contribution in [1.82, 2.24) is 5.32 Å². The van der Waals surface area contributed by atoms with Crippen LogP contribution < -0.4 is 5.32 Å². The standard InChI is InChI=1S/C16H14BrNO2S/c1-11-4-5-13(9-12(11)3-2-7-19)16(20)18-10-15-14(17)6-8-21-15/h4-6,8-9,19H,7,10H2,1H3,(H,18,20). The monoisotopic (exact) mass is 363 g/mol. The molecule has 1 aromatic heterocycles. The highest BCUT2D eigenvalue weighted by Gasteiger charge is 2.08. The van der Waals surface area contributed by atoms with E-state index in [-0.39, 0.29) is 12.5 Å². The lowest BCUT2D eigenvalue weighted by Gasteiger charge is -2.06. The zero-order chi connectivity index (χ0) is 15.2. The van der Waals surface area contributed by atoms with E-state index in [1.54, 1.807) is 23.5 Å². The molecule has 2 N–H and O–H groups in total. The first-order valence-electron chi connectivity index (χ1n) is 6.32. The quantitative estimate of drug-likeness (QED) is 0.823. The number of hydrogen-bond acceptors (Lipinski definition) is 3. The Hall–Kier alpha value is -1.61. The van der Waals surface area contributed by atoms with E-state index in [0.717, 1.165) is 20.5 Å². The van der Waals surface area contributed by atoms with Gasteiger partial charge in [0.25, 0.3) is 5.91 Å². The second-order valence-corrected chi connectivity index (χ2v) is 6.22. The number of aryl methyl sites for hydroxylation is 1. The molecule has 1 heterocycles. The SMILES string of the molecule is Cc1ccc(C(=O)NCc2sccc2Br)cc1C#CCO. The number of aliphatic hydroxyl groups excluding tert-OH is 1. The number of amides is 1. The van der Waals surface area contributed by atoms with Gasteiger partial charge in [-0.1, -0.05) is 17.9 Å². The van der Waals surface area contributed by atoms with Crippen LogP contribution in [0.25, 0.3) is 0 Å². The molecule has 1 aromatic carbocycles. The van der Waals surface area contributed by atoms with Gasteiger partial charge in [-0.3, -0.25) is 4.79 Å². The zero-order valence-corrected chi connectivity index (χ0v) is 13.8. The van der Waals surface area contributed by atoms with E-state index in [0.29, 0.717) is 12.1 Å². The number of rotatable bonds is 3. The second kappa shape index (κ2) is 7.41. The number of thiophene rings is 1. The third kappa shape index (κ3) is 4.18. The molecule has 3 nitrogen and oxygen atoms in total. The highest BCUT2D eigenvalue weighted by atomic mass is 79.9. The van der Waals surface area contributed by atoms with Gasteiger partial charge in [0.05, 0.1) is 6.54 Å². The van der Waals surface area contributed by atoms with Gasteiger partial charge in [-0.2, -0.15) is 0 Å². The fourth-order valence-electron chi connectivity index (χ4n) is 1.75. The van der Waals surface area contributed by atoms with Crippen molar-refractivity contribution in [2.75, 3.05) is 6.61 Å². The third-order valence-electron chi connectivity index (χ3n) is 2.90. The number of nitrogens with one attached hydrogen (secondary N) is 1. The second-order valence-electron chi connectivity index (χ2n) is 4.36. The molecule has 0 unspecified atom stereocenters. The molecule has 0 aliphatic carbocycles. The Labute approximate surface area is 136 Å². The van der Waals surface area contributed by atoms with Gasteiger partial charge in [0, 0.05) is 20.5 Å². The molecular formula is C16H14BrNO2S. The molecule has 21 heavy (non-hydrogen) atoms. The topological polar surface area (TPSA) is 49.3 Å². The van der Waals surface area contributed by atoms with Gasteiger partial charge in [-0.05, 0) is 52.0 Å². The summed E-state index contributed by atoms with van der Waals surface area (Å²) in [6.45, 7) is 2.22. The molecule has 2 rings (SSSR count). The summed E-state index contributed by atoms with van der Waals surface area (Å²) in [6, 6.07) is 7.34. The van der Waals surface area contributed by atoms with Crippen molar-refractivity contribution in [2.24, 2.45) is 0 Å². The summed E-state index contributed by atoms with van der Waals surface area (Å²) in [4.78, 5) is 13.2. The van der Waals surface area contributed by atoms with Gasteiger partial charge in [0.1, 0.15) is 6.61 Å². The van der Waals surface area contributed by atoms with E-state index in [4.69, 9.17) is 5.11 Å². The highest BCUT2D eigenvalue weighted by molar-refractivity contribution is 9.10. The van der Waals surface area contributed by atoms with E-state index < -0.39 is 0 Å². The van der Waals surface area contributed by atoms with E-state index in [9.17, 15) is 4.79 Å². The fraction of sp³-hybridized carbons (Fsp3) is 0.188. The Morgan fingerprint density at radius 3 is 2.90 bits per heavy atom. The Bertz CT molecular complexity index is 713. The minimum absolute atomic E-state index is 0.137. The van der Waals surface area contributed by atoms with Gasteiger partial charge < -0.3 is 10.4 Å². The van der Waals surface area contributed by atoms with Crippen molar-refractivity contribution >= 4 is 33.2 Å². The minimum Gasteiger partial charge on any atom is -0.384 e. The number of carbonyl (C=O) groups is 1. The Morgan fingerprint density at radius 1 is 1.43 bits per heavy atom. The maximum absolute atomic E-state index is 12.2. The Kier molecular flexibility index (Phi) is 5.57. The van der Waals surface area contributed by atoms with E-state index in [2.05, 4.69) is 33.1 Å². The molecule has 5 heteroatoms. The summed E-state index contributed by atoms with van der Waals surface area (Å²) >= 11 is 5.03. The van der Waals surface area contributed by atoms with E-state index in [1.807, 2.05) is 24.4 Å². The van der Waals surface area contributed by atoms with Crippen LogP contribution in [0.5, 0.6) is 0 Å². The summed E-state index contributed by atoms with van der Waals surface area (Å²) in [7, 11) is 0. The fourth-order valence-corrected chi connectivity index (χ4v) is 3.18. The van der Waals surface area contributed by atoms with Crippen molar-refractivity contribution in [3.8, 4) is 11.8 Å². The molecule has 0 fully saturated rings. The molecule has 0 aliphatic heterocycles. The zero-order valence-electron chi connectivity index (χ0n) is 11.4. The minimum atomic E-state index is -0.192. The Balaban J connectivity index is 2.10. The van der Waals surface area contributed by atoms with Crippen molar-refractivity contribution in [3.05, 3.63) is 55.7 Å². The average Bonchev–Trinajstić information content (AvgIpc) is 2.89. The number of aliphatic hydroxyl groups is 1. The maximum atomic E-state index is 12.2. The number of halogens is 1. The third-order valence-corrected chi connectivity index (χ3v) is 4.83. The van der Waals surface area contributed by atoms with Crippen LogP contribution in [-0.4, -0.2) is 17.6 Å². The van der Waals surface area contributed by atoms with Crippen LogP contribution in [-0.2, 0) is 6.54 Å². The molecule has 0 atom stereocenters. The molecule has 0 bridgehead atoms. The predicted octanol–water partition coefficient (Wildman–Crippen LogP) is 3.09. The number of carbonyl (C=O) groups excluding carboxylic acids is 1. The molecule has 0 spiro atoms. The smallest absolute Gasteiger partial charge is 0.251 e. The molecule has 0 radical (unpaired) electrons. The normalized spacial score (nSPS) is 9.86. The highest BCUT2D eigenvalue weighted by Crippen LogP contribution is 2.22. The summed E-state index contributed by atoms with van der Waals surface area (Å²) in [5, 5.41) is 13.6. The van der Waals surface area contributed by atoms with Crippen LogP contribution in [0, 0.1) is 18.8 Å². The number of hydrogen-bond donors (Lipinski definition) is 2. The van der Waals surface area contributed by atoms with Gasteiger partial charge >= 0.3 is 0 Å². The lowest BCUT2D eigenvalue weighted by Crippen LogP contribution is -2.22. The molecule has 2 aromatic rings. The summed E-state index contributed by atoms with van der Waals surface area (Å²) < 4.78 is 1.01. The molecule has 108 valence electrons. The van der Waals surface area contributed by atoms with Gasteiger partial charge in [0.15, 0.2) is 0 Å².